The number of hydrogen-bond donors (Lipinski definition) is 3. The van der Waals surface area contributed by atoms with Crippen LogP contribution in [-0.4, -0.2) is 63.9 Å². The molecule has 5 aromatic heterocycles. The molecule has 196 valence electrons. The molecular formula is C25H27N9O4. The van der Waals surface area contributed by atoms with Crippen LogP contribution >= 0.6 is 0 Å². The number of aromatic amines is 1. The number of carbonyl (C=O) groups is 1. The lowest BCUT2D eigenvalue weighted by atomic mass is 10.2. The summed E-state index contributed by atoms with van der Waals surface area (Å²) in [6, 6.07) is 6.93. The van der Waals surface area contributed by atoms with Crippen molar-refractivity contribution in [2.24, 2.45) is 14.1 Å². The van der Waals surface area contributed by atoms with Gasteiger partial charge in [-0.1, -0.05) is 0 Å². The highest BCUT2D eigenvalue weighted by Crippen LogP contribution is 2.32. The van der Waals surface area contributed by atoms with Crippen LogP contribution in [0.5, 0.6) is 0 Å². The predicted molar refractivity (Wildman–Crippen MR) is 140 cm³/mol. The SMILES string of the molecule is COC(=O)c1ccc(-c2nn(C(C)CCO)c3cc(Nc4ccnc(-c5c[nH]n(C)c5=O)n4)ncc23)n1C. The summed E-state index contributed by atoms with van der Waals surface area (Å²) in [6.07, 6.45) is 5.33. The zero-order chi connectivity index (χ0) is 27.0. The molecule has 3 N–H and O–H groups in total. The molecule has 0 amide bonds. The van der Waals surface area contributed by atoms with Crippen LogP contribution in [0, 0.1) is 0 Å². The first-order valence-corrected chi connectivity index (χ1v) is 11.9. The molecule has 0 aromatic carbocycles. The normalized spacial score (nSPS) is 12.1. The molecule has 0 aliphatic heterocycles. The Morgan fingerprint density at radius 3 is 2.74 bits per heavy atom. The molecule has 13 nitrogen and oxygen atoms in total. The molecule has 1 atom stereocenters. The second kappa shape index (κ2) is 9.94. The molecule has 38 heavy (non-hydrogen) atoms. The van der Waals surface area contributed by atoms with E-state index in [1.807, 2.05) is 23.7 Å². The third kappa shape index (κ3) is 4.32. The Morgan fingerprint density at radius 1 is 1.21 bits per heavy atom. The van der Waals surface area contributed by atoms with Gasteiger partial charge in [0.25, 0.3) is 5.56 Å². The lowest BCUT2D eigenvalue weighted by molar-refractivity contribution is 0.0590. The van der Waals surface area contributed by atoms with Crippen molar-refractivity contribution in [2.75, 3.05) is 19.0 Å². The number of aryl methyl sites for hydroxylation is 1. The maximum atomic E-state index is 12.3. The van der Waals surface area contributed by atoms with Crippen LogP contribution in [0.3, 0.4) is 0 Å². The number of fused-ring (bicyclic) bond motifs is 1. The van der Waals surface area contributed by atoms with E-state index in [1.54, 1.807) is 49.4 Å². The smallest absolute Gasteiger partial charge is 0.354 e. The third-order valence-corrected chi connectivity index (χ3v) is 6.41. The highest BCUT2D eigenvalue weighted by Gasteiger charge is 2.22. The number of aromatic nitrogens is 8. The average Bonchev–Trinajstić information content (AvgIpc) is 3.58. The van der Waals surface area contributed by atoms with E-state index in [9.17, 15) is 14.7 Å². The van der Waals surface area contributed by atoms with Gasteiger partial charge in [-0.25, -0.2) is 19.7 Å². The number of anilines is 2. The van der Waals surface area contributed by atoms with Gasteiger partial charge >= 0.3 is 5.97 Å². The molecule has 0 aliphatic carbocycles. The maximum Gasteiger partial charge on any atom is 0.354 e. The van der Waals surface area contributed by atoms with Gasteiger partial charge in [-0.05, 0) is 31.5 Å². The van der Waals surface area contributed by atoms with Crippen molar-refractivity contribution in [3.63, 3.8) is 0 Å². The summed E-state index contributed by atoms with van der Waals surface area (Å²) < 4.78 is 9.80. The summed E-state index contributed by atoms with van der Waals surface area (Å²) in [5.41, 5.74) is 2.68. The van der Waals surface area contributed by atoms with Gasteiger partial charge in [-0.2, -0.15) is 5.10 Å². The van der Waals surface area contributed by atoms with Crippen molar-refractivity contribution in [3.8, 4) is 22.8 Å². The predicted octanol–water partition coefficient (Wildman–Crippen LogP) is 2.39. The van der Waals surface area contributed by atoms with Crippen molar-refractivity contribution in [1.29, 1.82) is 0 Å². The number of rotatable bonds is 8. The van der Waals surface area contributed by atoms with E-state index in [4.69, 9.17) is 9.84 Å². The first-order valence-electron chi connectivity index (χ1n) is 11.9. The summed E-state index contributed by atoms with van der Waals surface area (Å²) in [5, 5.41) is 21.2. The van der Waals surface area contributed by atoms with Crippen molar-refractivity contribution in [3.05, 3.63) is 58.9 Å². The first kappa shape index (κ1) is 24.9. The monoisotopic (exact) mass is 517 g/mol. The number of hydrogen-bond acceptors (Lipinski definition) is 9. The summed E-state index contributed by atoms with van der Waals surface area (Å²) in [7, 11) is 4.73. The fourth-order valence-electron chi connectivity index (χ4n) is 4.31. The number of aliphatic hydroxyl groups excluding tert-OH is 1. The number of aliphatic hydroxyl groups is 1. The van der Waals surface area contributed by atoms with E-state index in [-0.39, 0.29) is 24.0 Å². The van der Waals surface area contributed by atoms with E-state index >= 15 is 0 Å². The quantitative estimate of drug-likeness (QED) is 0.263. The zero-order valence-electron chi connectivity index (χ0n) is 21.3. The van der Waals surface area contributed by atoms with Crippen LogP contribution in [-0.2, 0) is 18.8 Å². The number of pyridine rings is 1. The molecule has 0 fully saturated rings. The van der Waals surface area contributed by atoms with Crippen LogP contribution in [0.2, 0.25) is 0 Å². The van der Waals surface area contributed by atoms with E-state index in [0.717, 1.165) is 16.6 Å². The minimum absolute atomic E-state index is 0.00696. The minimum atomic E-state index is -0.442. The standard InChI is InChI=1S/C25H27N9O4/c1-14(8-10-35)34-19-11-21(29-20-7-9-26-23(30-20)16-13-28-33(3)24(16)36)27-12-15(19)22(31-34)17-5-6-18(32(17)2)25(37)38-4/h5-7,9,11-14,28,35H,8,10H2,1-4H3,(H,26,27,29,30). The molecule has 0 saturated heterocycles. The Labute approximate surface area is 216 Å². The average molecular weight is 518 g/mol. The maximum absolute atomic E-state index is 12.3. The molecule has 1 unspecified atom stereocenters. The van der Waals surface area contributed by atoms with Gasteiger partial charge < -0.3 is 24.8 Å². The summed E-state index contributed by atoms with van der Waals surface area (Å²) in [5.74, 6) is 0.814. The number of carbonyl (C=O) groups excluding carboxylic acids is 1. The largest absolute Gasteiger partial charge is 0.464 e. The molecule has 0 spiro atoms. The molecule has 5 rings (SSSR count). The van der Waals surface area contributed by atoms with E-state index in [1.165, 1.54) is 11.8 Å². The second-order valence-electron chi connectivity index (χ2n) is 8.84. The van der Waals surface area contributed by atoms with Gasteiger partial charge in [-0.3, -0.25) is 14.2 Å². The van der Waals surface area contributed by atoms with E-state index in [0.29, 0.717) is 35.0 Å². The molecule has 0 aliphatic rings. The Balaban J connectivity index is 1.56. The minimum Gasteiger partial charge on any atom is -0.464 e. The second-order valence-corrected chi connectivity index (χ2v) is 8.84. The summed E-state index contributed by atoms with van der Waals surface area (Å²) >= 11 is 0. The molecule has 0 bridgehead atoms. The number of nitrogens with zero attached hydrogens (tertiary/aromatic N) is 7. The van der Waals surface area contributed by atoms with E-state index < -0.39 is 5.97 Å². The first-order chi connectivity index (χ1) is 18.3. The zero-order valence-corrected chi connectivity index (χ0v) is 21.3. The highest BCUT2D eigenvalue weighted by molar-refractivity contribution is 5.95. The molecule has 13 heteroatoms. The fourth-order valence-corrected chi connectivity index (χ4v) is 4.31. The molecule has 5 heterocycles. The summed E-state index contributed by atoms with van der Waals surface area (Å²) in [6.45, 7) is 1.98. The van der Waals surface area contributed by atoms with Gasteiger partial charge in [-0.15, -0.1) is 0 Å². The molecule has 0 radical (unpaired) electrons. The molecule has 0 saturated carbocycles. The number of esters is 1. The Hall–Kier alpha value is -4.78. The topological polar surface area (TPSA) is 158 Å². The van der Waals surface area contributed by atoms with Crippen LogP contribution in [0.25, 0.3) is 33.7 Å². The Morgan fingerprint density at radius 2 is 2.03 bits per heavy atom. The number of methoxy groups -OCH3 is 1. The van der Waals surface area contributed by atoms with Gasteiger partial charge in [0.1, 0.15) is 28.6 Å². The number of ether oxygens (including phenoxy) is 1. The van der Waals surface area contributed by atoms with Crippen LogP contribution in [0.4, 0.5) is 11.6 Å². The van der Waals surface area contributed by atoms with Crippen LogP contribution in [0.15, 0.2) is 47.7 Å². The van der Waals surface area contributed by atoms with E-state index in [2.05, 4.69) is 25.4 Å². The van der Waals surface area contributed by atoms with Crippen molar-refractivity contribution >= 4 is 28.5 Å². The van der Waals surface area contributed by atoms with Gasteiger partial charge in [0.05, 0.1) is 24.4 Å². The summed E-state index contributed by atoms with van der Waals surface area (Å²) in [4.78, 5) is 37.7. The van der Waals surface area contributed by atoms with Crippen molar-refractivity contribution < 1.29 is 14.6 Å². The van der Waals surface area contributed by atoms with Crippen LogP contribution in [0.1, 0.15) is 29.9 Å². The fraction of sp³-hybridized carbons (Fsp3) is 0.280. The van der Waals surface area contributed by atoms with Crippen LogP contribution < -0.4 is 10.9 Å². The molecular weight excluding hydrogens is 490 g/mol. The lowest BCUT2D eigenvalue weighted by Crippen LogP contribution is -2.14. The van der Waals surface area contributed by atoms with Gasteiger partial charge in [0, 0.05) is 50.7 Å². The lowest BCUT2D eigenvalue weighted by Gasteiger charge is -2.12. The van der Waals surface area contributed by atoms with Gasteiger partial charge in [0.15, 0.2) is 5.82 Å². The van der Waals surface area contributed by atoms with Gasteiger partial charge in [0.2, 0.25) is 0 Å². The highest BCUT2D eigenvalue weighted by atomic mass is 16.5. The third-order valence-electron chi connectivity index (χ3n) is 6.41. The molecule has 5 aromatic rings. The Kier molecular flexibility index (Phi) is 6.51. The number of H-pyrrole nitrogens is 1. The number of nitrogens with one attached hydrogen (secondary N) is 2. The van der Waals surface area contributed by atoms with Crippen molar-refractivity contribution in [1.82, 2.24) is 39.1 Å². The van der Waals surface area contributed by atoms with Crippen molar-refractivity contribution in [2.45, 2.75) is 19.4 Å². The Bertz CT molecular complexity index is 1690.